The lowest BCUT2D eigenvalue weighted by atomic mass is 9.87. The van der Waals surface area contributed by atoms with Crippen LogP contribution in [0.5, 0.6) is 5.75 Å². The second-order valence-corrected chi connectivity index (χ2v) is 8.41. The van der Waals surface area contributed by atoms with Crippen LogP contribution in [0, 0.1) is 0 Å². The summed E-state index contributed by atoms with van der Waals surface area (Å²) in [5.74, 6) is -0.291. The first-order valence-corrected chi connectivity index (χ1v) is 9.64. The molecular formula is C21H32N2O5. The summed E-state index contributed by atoms with van der Waals surface area (Å²) in [5, 5.41) is 8.87. The number of ether oxygens (including phenoxy) is 2. The summed E-state index contributed by atoms with van der Waals surface area (Å²) >= 11 is 0. The zero-order chi connectivity index (χ0) is 20.9. The van der Waals surface area contributed by atoms with E-state index in [9.17, 15) is 9.59 Å². The van der Waals surface area contributed by atoms with Gasteiger partial charge in [0, 0.05) is 19.6 Å². The number of morpholine rings is 1. The third-order valence-corrected chi connectivity index (χ3v) is 4.73. The molecule has 7 nitrogen and oxygen atoms in total. The lowest BCUT2D eigenvalue weighted by Crippen LogP contribution is -2.52. The predicted molar refractivity (Wildman–Crippen MR) is 107 cm³/mol. The third-order valence-electron chi connectivity index (χ3n) is 4.73. The van der Waals surface area contributed by atoms with Gasteiger partial charge in [-0.2, -0.15) is 0 Å². The van der Waals surface area contributed by atoms with E-state index in [4.69, 9.17) is 14.6 Å². The topological polar surface area (TPSA) is 79.3 Å². The summed E-state index contributed by atoms with van der Waals surface area (Å²) in [7, 11) is 1.73. The molecule has 28 heavy (non-hydrogen) atoms. The number of carboxylic acid groups (broad SMARTS) is 1. The van der Waals surface area contributed by atoms with E-state index >= 15 is 0 Å². The molecule has 1 aromatic rings. The number of rotatable bonds is 7. The summed E-state index contributed by atoms with van der Waals surface area (Å²) in [6, 6.07) is 7.84. The summed E-state index contributed by atoms with van der Waals surface area (Å²) in [4.78, 5) is 27.1. The number of hydrogen-bond donors (Lipinski definition) is 1. The fourth-order valence-electron chi connectivity index (χ4n) is 3.22. The lowest BCUT2D eigenvalue weighted by molar-refractivity contribution is -0.147. The van der Waals surface area contributed by atoms with E-state index in [1.165, 1.54) is 0 Å². The number of amides is 1. The molecule has 2 rings (SSSR count). The minimum atomic E-state index is -0.884. The van der Waals surface area contributed by atoms with Gasteiger partial charge in [0.2, 0.25) is 0 Å². The first-order chi connectivity index (χ1) is 13.1. The van der Waals surface area contributed by atoms with Gasteiger partial charge in [-0.3, -0.25) is 14.5 Å². The van der Waals surface area contributed by atoms with Crippen molar-refractivity contribution in [2.24, 2.45) is 0 Å². The average Bonchev–Trinajstić information content (AvgIpc) is 2.60. The molecule has 1 N–H and O–H groups in total. The summed E-state index contributed by atoms with van der Waals surface area (Å²) in [5.41, 5.74) is 1.16. The minimum absolute atomic E-state index is 0.00598. The normalized spacial score (nSPS) is 18.8. The van der Waals surface area contributed by atoms with Crippen LogP contribution < -0.4 is 4.74 Å². The second kappa shape index (κ2) is 9.39. The van der Waals surface area contributed by atoms with E-state index in [2.05, 4.69) is 26.8 Å². The van der Waals surface area contributed by atoms with Gasteiger partial charge in [0.25, 0.3) is 5.91 Å². The number of carbonyl (C=O) groups excluding carboxylic acids is 1. The van der Waals surface area contributed by atoms with E-state index in [0.29, 0.717) is 32.0 Å². The molecule has 1 amide bonds. The van der Waals surface area contributed by atoms with Gasteiger partial charge in [0.15, 0.2) is 6.10 Å². The Morgan fingerprint density at radius 1 is 1.39 bits per heavy atom. The van der Waals surface area contributed by atoms with Gasteiger partial charge in [-0.15, -0.1) is 0 Å². The van der Waals surface area contributed by atoms with Crippen molar-refractivity contribution in [3.05, 3.63) is 29.8 Å². The monoisotopic (exact) mass is 392 g/mol. The van der Waals surface area contributed by atoms with Crippen LogP contribution in [-0.2, 0) is 19.7 Å². The minimum Gasteiger partial charge on any atom is -0.481 e. The van der Waals surface area contributed by atoms with Crippen molar-refractivity contribution in [2.45, 2.75) is 45.3 Å². The highest BCUT2D eigenvalue weighted by Crippen LogP contribution is 2.26. The highest BCUT2D eigenvalue weighted by atomic mass is 16.5. The van der Waals surface area contributed by atoms with Crippen LogP contribution in [0.2, 0.25) is 0 Å². The van der Waals surface area contributed by atoms with Crippen LogP contribution in [-0.4, -0.2) is 78.8 Å². The van der Waals surface area contributed by atoms with Crippen LogP contribution in [0.4, 0.5) is 0 Å². The van der Waals surface area contributed by atoms with Crippen molar-refractivity contribution in [3.63, 3.8) is 0 Å². The van der Waals surface area contributed by atoms with Crippen LogP contribution >= 0.6 is 0 Å². The van der Waals surface area contributed by atoms with Gasteiger partial charge in [-0.25, -0.2) is 0 Å². The maximum atomic E-state index is 12.8. The lowest BCUT2D eigenvalue weighted by Gasteiger charge is -2.35. The molecule has 1 aliphatic rings. The molecule has 2 unspecified atom stereocenters. The maximum absolute atomic E-state index is 12.8. The average molecular weight is 392 g/mol. The van der Waals surface area contributed by atoms with E-state index in [1.54, 1.807) is 23.8 Å². The number of carbonyl (C=O) groups is 2. The standard InChI is InChI=1S/C21H32N2O5/c1-15(28-17-8-6-7-16(11-17)21(2,3)4)20(26)23-9-10-27-18(13-23)12-22(5)14-19(24)25/h6-8,11,15,18H,9-10,12-14H2,1-5H3,(H,24,25). The van der Waals surface area contributed by atoms with Crippen LogP contribution in [0.25, 0.3) is 0 Å². The van der Waals surface area contributed by atoms with E-state index in [0.717, 1.165) is 5.56 Å². The summed E-state index contributed by atoms with van der Waals surface area (Å²) < 4.78 is 11.6. The molecule has 1 aliphatic heterocycles. The van der Waals surface area contributed by atoms with E-state index in [-0.39, 0.29) is 24.0 Å². The highest BCUT2D eigenvalue weighted by Gasteiger charge is 2.29. The first kappa shape index (κ1) is 22.2. The number of likely N-dealkylation sites (N-methyl/N-ethyl adjacent to an activating group) is 1. The maximum Gasteiger partial charge on any atom is 0.317 e. The van der Waals surface area contributed by atoms with Crippen molar-refractivity contribution < 1.29 is 24.2 Å². The Balaban J connectivity index is 1.94. The van der Waals surface area contributed by atoms with Gasteiger partial charge in [0.1, 0.15) is 5.75 Å². The van der Waals surface area contributed by atoms with Gasteiger partial charge < -0.3 is 19.5 Å². The SMILES string of the molecule is CC(Oc1cccc(C(C)(C)C)c1)C(=O)N1CCOC(CN(C)CC(=O)O)C1. The largest absolute Gasteiger partial charge is 0.481 e. The molecule has 0 aromatic heterocycles. The zero-order valence-electron chi connectivity index (χ0n) is 17.5. The predicted octanol–water partition coefficient (Wildman–Crippen LogP) is 2.00. The van der Waals surface area contributed by atoms with Gasteiger partial charge in [0.05, 0.1) is 19.3 Å². The Morgan fingerprint density at radius 2 is 2.11 bits per heavy atom. The Bertz CT molecular complexity index is 686. The van der Waals surface area contributed by atoms with Crippen molar-refractivity contribution >= 4 is 11.9 Å². The molecule has 1 aromatic carbocycles. The zero-order valence-corrected chi connectivity index (χ0v) is 17.5. The van der Waals surface area contributed by atoms with Crippen LogP contribution in [0.1, 0.15) is 33.3 Å². The Kier molecular flexibility index (Phi) is 7.43. The number of hydrogen-bond acceptors (Lipinski definition) is 5. The number of nitrogens with zero attached hydrogens (tertiary/aromatic N) is 2. The molecule has 0 radical (unpaired) electrons. The van der Waals surface area contributed by atoms with Gasteiger partial charge in [-0.05, 0) is 37.1 Å². The van der Waals surface area contributed by atoms with Gasteiger partial charge >= 0.3 is 5.97 Å². The van der Waals surface area contributed by atoms with Crippen molar-refractivity contribution in [1.29, 1.82) is 0 Å². The van der Waals surface area contributed by atoms with Gasteiger partial charge in [-0.1, -0.05) is 32.9 Å². The molecule has 0 spiro atoms. The second-order valence-electron chi connectivity index (χ2n) is 8.41. The summed E-state index contributed by atoms with van der Waals surface area (Å²) in [6.45, 7) is 9.93. The molecule has 1 heterocycles. The Labute approximate surface area is 167 Å². The molecule has 0 saturated carbocycles. The number of benzene rings is 1. The molecule has 7 heteroatoms. The molecule has 0 aliphatic carbocycles. The molecule has 1 saturated heterocycles. The molecular weight excluding hydrogens is 360 g/mol. The van der Waals surface area contributed by atoms with E-state index in [1.807, 2.05) is 18.2 Å². The molecule has 2 atom stereocenters. The number of carboxylic acids is 1. The Morgan fingerprint density at radius 3 is 2.75 bits per heavy atom. The summed E-state index contributed by atoms with van der Waals surface area (Å²) in [6.07, 6.45) is -0.816. The Hall–Kier alpha value is -2.12. The van der Waals surface area contributed by atoms with Crippen molar-refractivity contribution in [1.82, 2.24) is 9.80 Å². The molecule has 0 bridgehead atoms. The fraction of sp³-hybridized carbons (Fsp3) is 0.619. The highest BCUT2D eigenvalue weighted by molar-refractivity contribution is 5.81. The van der Waals surface area contributed by atoms with Crippen molar-refractivity contribution in [3.8, 4) is 5.75 Å². The molecule has 156 valence electrons. The fourth-order valence-corrected chi connectivity index (χ4v) is 3.22. The molecule has 1 fully saturated rings. The van der Waals surface area contributed by atoms with Crippen molar-refractivity contribution in [2.75, 3.05) is 39.8 Å². The smallest absolute Gasteiger partial charge is 0.317 e. The van der Waals surface area contributed by atoms with Crippen LogP contribution in [0.3, 0.4) is 0 Å². The quantitative estimate of drug-likeness (QED) is 0.765. The van der Waals surface area contributed by atoms with Crippen LogP contribution in [0.15, 0.2) is 24.3 Å². The third kappa shape index (κ3) is 6.49. The van der Waals surface area contributed by atoms with E-state index < -0.39 is 12.1 Å². The first-order valence-electron chi connectivity index (χ1n) is 9.64. The number of aliphatic carboxylic acids is 1.